The summed E-state index contributed by atoms with van der Waals surface area (Å²) in [7, 11) is 0. The lowest BCUT2D eigenvalue weighted by Gasteiger charge is -2.50. The monoisotopic (exact) mass is 734 g/mol. The van der Waals surface area contributed by atoms with Gasteiger partial charge in [-0.2, -0.15) is 0 Å². The van der Waals surface area contributed by atoms with E-state index < -0.39 is 24.2 Å². The van der Waals surface area contributed by atoms with Gasteiger partial charge in [0.05, 0.1) is 33.9 Å². The number of rotatable bonds is 10. The van der Waals surface area contributed by atoms with Crippen LogP contribution in [0, 0.1) is 18.3 Å². The molecule has 13 heteroatoms. The van der Waals surface area contributed by atoms with Gasteiger partial charge in [-0.25, -0.2) is 9.78 Å². The summed E-state index contributed by atoms with van der Waals surface area (Å²) in [5, 5.41) is 27.5. The molecule has 6 rings (SSSR count). The number of hydrogen-bond donors (Lipinski definition) is 3. The third-order valence-corrected chi connectivity index (χ3v) is 12.8. The number of carbonyl (C=O) groups is 3. The number of aromatic nitrogens is 2. The quantitative estimate of drug-likeness (QED) is 0.233. The Morgan fingerprint density at radius 3 is 2.31 bits per heavy atom. The minimum Gasteiger partial charge on any atom is -0.465 e. The number of benzene rings is 1. The van der Waals surface area contributed by atoms with Crippen LogP contribution >= 0.6 is 11.3 Å². The zero-order valence-corrected chi connectivity index (χ0v) is 32.1. The molecule has 0 saturated carbocycles. The number of amides is 3. The van der Waals surface area contributed by atoms with E-state index in [1.54, 1.807) is 11.3 Å². The first-order chi connectivity index (χ1) is 24.7. The fraction of sp³-hybridized carbons (Fsp3) is 0.615. The highest BCUT2D eigenvalue weighted by Crippen LogP contribution is 2.43. The minimum absolute atomic E-state index is 0.0796. The molecule has 12 nitrogen and oxygen atoms in total. The van der Waals surface area contributed by atoms with Crippen LogP contribution in [0.25, 0.3) is 10.4 Å². The van der Waals surface area contributed by atoms with Gasteiger partial charge in [-0.15, -0.1) is 11.3 Å². The lowest BCUT2D eigenvalue weighted by Crippen LogP contribution is -2.54. The molecule has 282 valence electrons. The molecule has 3 aliphatic heterocycles. The van der Waals surface area contributed by atoms with Crippen molar-refractivity contribution < 1.29 is 29.1 Å². The Morgan fingerprint density at radius 1 is 1.06 bits per heavy atom. The third kappa shape index (κ3) is 8.06. The number of aliphatic hydroxyl groups excluding tert-OH is 1. The smallest absolute Gasteiger partial charge is 0.407 e. The van der Waals surface area contributed by atoms with Crippen molar-refractivity contribution in [2.45, 2.75) is 110 Å². The van der Waals surface area contributed by atoms with E-state index in [2.05, 4.69) is 34.2 Å². The zero-order chi connectivity index (χ0) is 37.4. The Hall–Kier alpha value is -3.81. The number of carbonyl (C=O) groups excluding carboxylic acids is 2. The van der Waals surface area contributed by atoms with Crippen LogP contribution < -0.4 is 5.32 Å². The van der Waals surface area contributed by atoms with Crippen LogP contribution in [0.2, 0.25) is 0 Å². The maximum absolute atomic E-state index is 14.2. The Labute approximate surface area is 310 Å². The average molecular weight is 735 g/mol. The van der Waals surface area contributed by atoms with E-state index in [-0.39, 0.29) is 47.7 Å². The van der Waals surface area contributed by atoms with E-state index in [1.165, 1.54) is 9.80 Å². The molecule has 4 atom stereocenters. The average Bonchev–Trinajstić information content (AvgIpc) is 3.85. The summed E-state index contributed by atoms with van der Waals surface area (Å²) in [6.07, 6.45) is 3.12. The van der Waals surface area contributed by atoms with Crippen molar-refractivity contribution in [3.63, 3.8) is 0 Å². The molecule has 1 aromatic carbocycles. The zero-order valence-electron chi connectivity index (χ0n) is 31.3. The molecule has 5 heterocycles. The Balaban J connectivity index is 1.08. The molecule has 3 saturated heterocycles. The highest BCUT2D eigenvalue weighted by atomic mass is 32.1. The summed E-state index contributed by atoms with van der Waals surface area (Å²) in [5.41, 5.74) is 5.63. The van der Waals surface area contributed by atoms with Gasteiger partial charge in [0.2, 0.25) is 11.8 Å². The number of nitrogens with zero attached hydrogens (tertiary/aromatic N) is 5. The number of hydrogen-bond acceptors (Lipinski definition) is 9. The Bertz CT molecular complexity index is 1720. The SMILES string of the molecule is Cc1ncsc1-c1ccc([C@H](C)NC(=O)[C@@H]2C[C@@H](O)CN2C(=O)C(c2cc(CC(C)(C)N3CCC4(CCN(C(=O)O)CC4)CC3)no2)C(C)C)cc1. The van der Waals surface area contributed by atoms with Crippen LogP contribution in [-0.2, 0) is 16.0 Å². The Kier molecular flexibility index (Phi) is 11.1. The van der Waals surface area contributed by atoms with Crippen molar-refractivity contribution in [1.29, 1.82) is 0 Å². The molecule has 1 unspecified atom stereocenters. The lowest BCUT2D eigenvalue weighted by atomic mass is 9.70. The second-order valence-electron chi connectivity index (χ2n) is 16.2. The van der Waals surface area contributed by atoms with Gasteiger partial charge in [0.15, 0.2) is 0 Å². The second kappa shape index (κ2) is 15.3. The number of aliphatic hydroxyl groups is 1. The van der Waals surface area contributed by atoms with Gasteiger partial charge >= 0.3 is 6.09 Å². The van der Waals surface area contributed by atoms with Crippen molar-refractivity contribution in [2.24, 2.45) is 11.3 Å². The molecule has 1 spiro atoms. The highest BCUT2D eigenvalue weighted by Gasteiger charge is 2.45. The molecule has 0 bridgehead atoms. The van der Waals surface area contributed by atoms with Gasteiger partial charge in [0.1, 0.15) is 17.7 Å². The van der Waals surface area contributed by atoms with Gasteiger partial charge in [-0.1, -0.05) is 43.3 Å². The van der Waals surface area contributed by atoms with Crippen molar-refractivity contribution in [3.05, 3.63) is 58.6 Å². The van der Waals surface area contributed by atoms with Gasteiger partial charge in [-0.05, 0) is 88.9 Å². The van der Waals surface area contributed by atoms with Crippen LogP contribution in [0.3, 0.4) is 0 Å². The maximum atomic E-state index is 14.2. The fourth-order valence-corrected chi connectivity index (χ4v) is 9.30. The first kappa shape index (κ1) is 37.9. The molecular formula is C39H54N6O6S. The Morgan fingerprint density at radius 2 is 1.71 bits per heavy atom. The molecule has 3 N–H and O–H groups in total. The van der Waals surface area contributed by atoms with E-state index >= 15 is 0 Å². The topological polar surface area (TPSA) is 152 Å². The molecule has 3 fully saturated rings. The number of thiazole rings is 1. The fourth-order valence-electron chi connectivity index (χ4n) is 8.49. The maximum Gasteiger partial charge on any atom is 0.407 e. The minimum atomic E-state index is -0.823. The van der Waals surface area contributed by atoms with Gasteiger partial charge in [0.25, 0.3) is 0 Å². The number of β-amino-alcohol motifs (C(OH)–C–C–N with tert-alkyl or cyclic N) is 1. The molecule has 3 amide bonds. The predicted octanol–water partition coefficient (Wildman–Crippen LogP) is 5.86. The number of likely N-dealkylation sites (tertiary alicyclic amines) is 3. The number of nitrogens with one attached hydrogen (secondary N) is 1. The van der Waals surface area contributed by atoms with E-state index in [0.717, 1.165) is 66.2 Å². The summed E-state index contributed by atoms with van der Waals surface area (Å²) in [6.45, 7) is 15.4. The van der Waals surface area contributed by atoms with Crippen molar-refractivity contribution >= 4 is 29.2 Å². The van der Waals surface area contributed by atoms with Gasteiger partial charge in [-0.3, -0.25) is 14.5 Å². The van der Waals surface area contributed by atoms with Crippen LogP contribution in [0.5, 0.6) is 0 Å². The van der Waals surface area contributed by atoms with Crippen molar-refractivity contribution in [1.82, 2.24) is 30.2 Å². The molecule has 3 aliphatic rings. The van der Waals surface area contributed by atoms with Crippen molar-refractivity contribution in [2.75, 3.05) is 32.7 Å². The second-order valence-corrected chi connectivity index (χ2v) is 17.1. The summed E-state index contributed by atoms with van der Waals surface area (Å²) >= 11 is 1.59. The van der Waals surface area contributed by atoms with Crippen LogP contribution in [0.4, 0.5) is 4.79 Å². The van der Waals surface area contributed by atoms with E-state index in [9.17, 15) is 24.6 Å². The van der Waals surface area contributed by atoms with Gasteiger partial charge < -0.3 is 29.9 Å². The van der Waals surface area contributed by atoms with E-state index in [0.29, 0.717) is 25.3 Å². The summed E-state index contributed by atoms with van der Waals surface area (Å²) in [6, 6.07) is 8.85. The number of aryl methyl sites for hydroxylation is 1. The largest absolute Gasteiger partial charge is 0.465 e. The molecule has 3 aromatic rings. The molecule has 0 aliphatic carbocycles. The van der Waals surface area contributed by atoms with Crippen LogP contribution in [0.15, 0.2) is 40.4 Å². The molecule has 52 heavy (non-hydrogen) atoms. The summed E-state index contributed by atoms with van der Waals surface area (Å²) in [4.78, 5) is 50.3. The number of carboxylic acid groups (broad SMARTS) is 1. The predicted molar refractivity (Wildman–Crippen MR) is 199 cm³/mol. The first-order valence-electron chi connectivity index (χ1n) is 18.6. The normalized spacial score (nSPS) is 22.2. The summed E-state index contributed by atoms with van der Waals surface area (Å²) in [5.74, 6) is -0.859. The highest BCUT2D eigenvalue weighted by molar-refractivity contribution is 7.13. The van der Waals surface area contributed by atoms with Crippen LogP contribution in [0.1, 0.15) is 101 Å². The van der Waals surface area contributed by atoms with Crippen molar-refractivity contribution in [3.8, 4) is 10.4 Å². The standard InChI is InChI=1S/C39H54N6O6S/c1-24(2)33(32-19-29(42-51-32)21-38(5,6)44-17-13-39(14-18-44)11-15-43(16-12-39)37(49)50)36(48)45-22-30(46)20-31(45)35(47)41-25(3)27-7-9-28(10-8-27)34-26(4)40-23-52-34/h7-10,19,23-25,30-31,33,46H,11-18,20-22H2,1-6H3,(H,41,47)(H,49,50)/t25-,30+,31-,33?/m0/s1. The number of piperidine rings is 2. The third-order valence-electron chi connectivity index (χ3n) is 11.8. The molecule has 2 aromatic heterocycles. The van der Waals surface area contributed by atoms with E-state index in [4.69, 9.17) is 4.52 Å². The summed E-state index contributed by atoms with van der Waals surface area (Å²) < 4.78 is 5.88. The molecule has 0 radical (unpaired) electrons. The molecular weight excluding hydrogens is 681 g/mol. The van der Waals surface area contributed by atoms with Crippen LogP contribution in [-0.4, -0.2) is 103 Å². The lowest BCUT2D eigenvalue weighted by molar-refractivity contribution is -0.141. The first-order valence-corrected chi connectivity index (χ1v) is 19.5. The van der Waals surface area contributed by atoms with Gasteiger partial charge in [0, 0.05) is 44.1 Å². The van der Waals surface area contributed by atoms with E-state index in [1.807, 2.05) is 63.5 Å².